The van der Waals surface area contributed by atoms with Crippen LogP contribution in [0.3, 0.4) is 0 Å². The summed E-state index contributed by atoms with van der Waals surface area (Å²) in [5, 5.41) is 20.3. The van der Waals surface area contributed by atoms with Crippen molar-refractivity contribution in [3.8, 4) is 0 Å². The van der Waals surface area contributed by atoms with E-state index in [9.17, 15) is 42.0 Å². The number of fused-ring (bicyclic) bond motifs is 12. The number of aromatic amines is 4. The van der Waals surface area contributed by atoms with Gasteiger partial charge in [0.25, 0.3) is 17.7 Å². The highest BCUT2D eigenvalue weighted by atomic mass is 79.9. The Morgan fingerprint density at radius 2 is 0.716 bits per heavy atom. The Hall–Kier alpha value is -11.3. The molecule has 0 aliphatic carbocycles. The number of amides is 7. The zero-order valence-electron chi connectivity index (χ0n) is 74.8. The number of ether oxygens (including phenoxy) is 7. The molecule has 7 N–H and O–H groups in total. The third-order valence-corrected chi connectivity index (χ3v) is 28.5. The molecule has 4 unspecified atom stereocenters. The average molecular weight is 2010 g/mol. The largest absolute Gasteiger partial charge is 0.450 e. The van der Waals surface area contributed by atoms with Gasteiger partial charge in [0.1, 0.15) is 24.2 Å². The second-order valence-electron chi connectivity index (χ2n) is 33.1. The molecule has 134 heavy (non-hydrogen) atoms. The van der Waals surface area contributed by atoms with E-state index in [1.54, 1.807) is 76.8 Å². The van der Waals surface area contributed by atoms with Crippen molar-refractivity contribution < 1.29 is 80.2 Å². The highest BCUT2D eigenvalue weighted by Gasteiger charge is 2.42. The molecule has 3 saturated heterocycles. The molecule has 19 rings (SSSR count). The van der Waals surface area contributed by atoms with E-state index in [0.29, 0.717) is 145 Å². The van der Waals surface area contributed by atoms with Crippen LogP contribution in [0.5, 0.6) is 0 Å². The van der Waals surface area contributed by atoms with Crippen molar-refractivity contribution in [3.63, 3.8) is 0 Å². The van der Waals surface area contributed by atoms with Crippen molar-refractivity contribution in [1.29, 1.82) is 0 Å². The molecule has 4 atom stereocenters. The summed E-state index contributed by atoms with van der Waals surface area (Å²) in [4.78, 5) is 114. The van der Waals surface area contributed by atoms with E-state index in [0.717, 1.165) is 154 Å². The van der Waals surface area contributed by atoms with Crippen LogP contribution in [0.4, 0.5) is 19.2 Å². The molecule has 30 nitrogen and oxygen atoms in total. The van der Waals surface area contributed by atoms with Crippen molar-refractivity contribution in [2.45, 2.75) is 82.4 Å². The number of H-pyrrole nitrogens is 4. The van der Waals surface area contributed by atoms with Crippen LogP contribution in [-0.4, -0.2) is 267 Å². The fourth-order valence-corrected chi connectivity index (χ4v) is 21.2. The van der Waals surface area contributed by atoms with Gasteiger partial charge in [-0.05, 0) is 219 Å². The molecule has 7 aliphatic rings. The number of nitrogens with zero attached hydrogens (tertiary/aromatic N) is 7. The fourth-order valence-electron chi connectivity index (χ4n) is 18.7. The zero-order chi connectivity index (χ0) is 93.8. The van der Waals surface area contributed by atoms with Gasteiger partial charge in [-0.3, -0.25) is 38.9 Å². The minimum atomic E-state index is -3.61. The predicted molar refractivity (Wildman–Crippen MR) is 517 cm³/mol. The normalized spacial score (nSPS) is 17.9. The molecule has 0 saturated carbocycles. The van der Waals surface area contributed by atoms with Crippen LogP contribution in [0.25, 0.3) is 43.6 Å². The molecule has 8 aromatic carbocycles. The van der Waals surface area contributed by atoms with Crippen LogP contribution < -0.4 is 10.6 Å². The topological polar surface area (TPSA) is 348 Å². The molecule has 0 spiro atoms. The van der Waals surface area contributed by atoms with Crippen LogP contribution in [0.1, 0.15) is 150 Å². The number of nitrogens with one attached hydrogen (secondary N) is 6. The van der Waals surface area contributed by atoms with Crippen LogP contribution in [-0.2, 0) is 68.9 Å². The number of carbonyl (C=O) groups excluding carboxylic acids is 7. The highest BCUT2D eigenvalue weighted by molar-refractivity contribution is 9.10. The summed E-state index contributed by atoms with van der Waals surface area (Å²) in [7, 11) is -3.61. The van der Waals surface area contributed by atoms with Gasteiger partial charge in [0.05, 0.1) is 77.6 Å². The number of sulfonamides is 1. The second kappa shape index (κ2) is 43.6. The maximum absolute atomic E-state index is 13.0. The van der Waals surface area contributed by atoms with Gasteiger partial charge in [-0.25, -0.2) is 27.6 Å². The molecule has 35 heteroatoms. The lowest BCUT2D eigenvalue weighted by atomic mass is 9.92. The summed E-state index contributed by atoms with van der Waals surface area (Å²) >= 11 is 19.6. The molecule has 7 aliphatic heterocycles. The third kappa shape index (κ3) is 21.0. The van der Waals surface area contributed by atoms with Gasteiger partial charge in [-0.1, -0.05) is 104 Å². The van der Waals surface area contributed by atoms with Gasteiger partial charge in [0.2, 0.25) is 10.0 Å². The van der Waals surface area contributed by atoms with Gasteiger partial charge in [0, 0.05) is 187 Å². The van der Waals surface area contributed by atoms with E-state index < -0.39 is 22.2 Å². The van der Waals surface area contributed by atoms with Gasteiger partial charge in [-0.2, -0.15) is 4.31 Å². The lowest BCUT2D eigenvalue weighted by Crippen LogP contribution is -2.41. The van der Waals surface area contributed by atoms with Crippen molar-refractivity contribution >= 4 is 151 Å². The fraction of sp³-hybridized carbons (Fsp3) is 0.364. The summed E-state index contributed by atoms with van der Waals surface area (Å²) in [5.74, 6) is -0.351. The Bertz CT molecular complexity index is 6380. The quantitative estimate of drug-likeness (QED) is 0.0392. The van der Waals surface area contributed by atoms with E-state index in [2.05, 4.69) is 79.5 Å². The number of aliphatic hydroxyl groups excluding tert-OH is 1. The molecular weight excluding hydrogens is 1910 g/mol. The molecule has 4 aromatic heterocycles. The minimum absolute atomic E-state index is 0.00307. The maximum Gasteiger partial charge on any atom is 0.410 e. The number of hydrogen-bond donors (Lipinski definition) is 7. The van der Waals surface area contributed by atoms with E-state index in [4.69, 9.17) is 61.5 Å². The molecule has 12 aromatic rings. The van der Waals surface area contributed by atoms with Crippen LogP contribution in [0.15, 0.2) is 184 Å². The average Bonchev–Trinajstić information content (AvgIpc) is 1.60. The number of rotatable bonds is 18. The summed E-state index contributed by atoms with van der Waals surface area (Å²) in [6.07, 6.45) is 1.39. The zero-order valence-corrected chi connectivity index (χ0v) is 80.3. The summed E-state index contributed by atoms with van der Waals surface area (Å²) in [6, 6.07) is 51.3. The Kier molecular flexibility index (Phi) is 31.1. The molecule has 0 bridgehead atoms. The molecule has 7 amide bonds. The van der Waals surface area contributed by atoms with Crippen LogP contribution in [0, 0.1) is 0 Å². The third-order valence-electron chi connectivity index (χ3n) is 25.1. The van der Waals surface area contributed by atoms with Crippen LogP contribution in [0.2, 0.25) is 10.0 Å². The first-order valence-corrected chi connectivity index (χ1v) is 49.1. The molecular formula is C99H107Br2Cl2N13O17S. The number of halogens is 4. The van der Waals surface area contributed by atoms with Crippen molar-refractivity contribution in [2.75, 3.05) is 158 Å². The first kappa shape index (κ1) is 95.8. The number of hydrogen-bond acceptors (Lipinski definition) is 18. The first-order valence-electron chi connectivity index (χ1n) is 45.3. The van der Waals surface area contributed by atoms with Crippen molar-refractivity contribution in [3.05, 3.63) is 273 Å². The van der Waals surface area contributed by atoms with Crippen LogP contribution >= 0.6 is 55.1 Å². The first-order chi connectivity index (χ1) is 65.0. The predicted octanol–water partition coefficient (Wildman–Crippen LogP) is 16.2. The summed E-state index contributed by atoms with van der Waals surface area (Å²) in [5.41, 5.74) is 17.7. The summed E-state index contributed by atoms with van der Waals surface area (Å²) < 4.78 is 67.0. The Labute approximate surface area is 802 Å². The lowest BCUT2D eigenvalue weighted by Gasteiger charge is -2.35. The monoisotopic (exact) mass is 2010 g/mol. The van der Waals surface area contributed by atoms with Crippen molar-refractivity contribution in [1.82, 2.24) is 64.3 Å². The number of benzene rings is 8. The van der Waals surface area contributed by atoms with E-state index >= 15 is 0 Å². The summed E-state index contributed by atoms with van der Waals surface area (Å²) in [6.45, 7) is 19.0. The highest BCUT2D eigenvalue weighted by Crippen LogP contribution is 2.46. The smallest absolute Gasteiger partial charge is 0.410 e. The number of aromatic nitrogens is 4. The van der Waals surface area contributed by atoms with E-state index in [1.807, 2.05) is 133 Å². The van der Waals surface area contributed by atoms with E-state index in [1.165, 1.54) is 15.4 Å². The van der Waals surface area contributed by atoms with Gasteiger partial charge in [-0.15, -0.1) is 0 Å². The lowest BCUT2D eigenvalue weighted by molar-refractivity contribution is 0.0302. The van der Waals surface area contributed by atoms with Crippen molar-refractivity contribution in [2.24, 2.45) is 0 Å². The Balaban J connectivity index is 0.000000130. The standard InChI is InChI=1S/C27H31BrN4O4.C25H26ClN3O4.C24H26ClN3O5S.C23H24BrN3O4/c1-2-36-27(34)32-11-9-21-22-17-20(28)7-8-23(22)30-24(21)25(32)18-3-5-19(6-4-18)26(33)29-10-12-31-13-15-35-16-14-31;1-2-33-25(31)29-10-9-19-20-15-18(26)7-8-21(20)27-22(19)23(29)16-3-5-17(6-4-16)24(30)28-11-13-32-14-12-28;1-2-33-24(29)28-10-9-19-20-15-17(25)5-8-21(20)26-22(19)23(28)16-3-6-18(7-4-16)34(30,31)27-11-13-32-14-12-27;1-2-31-23(30)27-11-9-17-18-13-16(24)7-8-19(18)26-20(17)21(27)14-3-5-15(6-4-14)22(29)25-10-12-28/h3-8,17,25,30H,2,9-16H2,1H3,(H,29,33);3-8,15,23,27H,2,9-14H2,1H3;3-8,15,23,26H,2,9-14H2,1H3;3-8,13,21,26,28H,2,9-12H2,1H3,(H,25,29). The molecule has 11 heterocycles. The number of aliphatic hydroxyl groups is 1. The van der Waals surface area contributed by atoms with E-state index in [-0.39, 0.29) is 78.8 Å². The number of carbonyl (C=O) groups is 7. The van der Waals surface area contributed by atoms with Gasteiger partial charge >= 0.3 is 24.4 Å². The van der Waals surface area contributed by atoms with Gasteiger partial charge in [0.15, 0.2) is 0 Å². The molecule has 0 radical (unpaired) electrons. The maximum atomic E-state index is 13.0. The van der Waals surface area contributed by atoms with Gasteiger partial charge < -0.3 is 73.7 Å². The Morgan fingerprint density at radius 1 is 0.403 bits per heavy atom. The SMILES string of the molecule is CCOC(=O)N1CCc2c([nH]c3ccc(Br)cc23)C1c1ccc(C(=O)NCCN2CCOCC2)cc1.CCOC(=O)N1CCc2c([nH]c3ccc(Br)cc23)C1c1ccc(C(=O)NCCO)cc1.CCOC(=O)N1CCc2c([nH]c3ccc(Cl)cc23)C1c1ccc(C(=O)N2CCOCC2)cc1.CCOC(=O)N1CCc2c([nH]c3ccc(Cl)cc23)C1c1ccc(S(=O)(=O)N2CCOCC2)cc1. The number of morpholine rings is 3. The Morgan fingerprint density at radius 3 is 1.07 bits per heavy atom. The molecule has 704 valence electrons. The molecule has 3 fully saturated rings. The minimum Gasteiger partial charge on any atom is -0.450 e. The second-order valence-corrected chi connectivity index (χ2v) is 37.7.